The van der Waals surface area contributed by atoms with Crippen LogP contribution in [0.25, 0.3) is 0 Å². The third-order valence-corrected chi connectivity index (χ3v) is 6.02. The van der Waals surface area contributed by atoms with Crippen LogP contribution in [-0.4, -0.2) is 28.6 Å². The third kappa shape index (κ3) is 5.29. The molecule has 1 aromatic heterocycles. The molecule has 0 aliphatic heterocycles. The topological polar surface area (TPSA) is 70.2 Å². The van der Waals surface area contributed by atoms with Gasteiger partial charge < -0.3 is 15.5 Å². The number of urea groups is 1. The largest absolute Gasteiger partial charge is 0.367 e. The van der Waals surface area contributed by atoms with Crippen molar-refractivity contribution in [2.24, 2.45) is 5.92 Å². The van der Waals surface area contributed by atoms with E-state index in [9.17, 15) is 4.79 Å². The lowest BCUT2D eigenvalue weighted by atomic mass is 9.92. The molecule has 2 N–H and O–H groups in total. The highest BCUT2D eigenvalue weighted by molar-refractivity contribution is 6.01. The van der Waals surface area contributed by atoms with Crippen molar-refractivity contribution >= 4 is 23.1 Å². The zero-order valence-corrected chi connectivity index (χ0v) is 18.1. The van der Waals surface area contributed by atoms with E-state index in [-0.39, 0.29) is 6.03 Å². The van der Waals surface area contributed by atoms with Gasteiger partial charge in [0.05, 0.1) is 29.5 Å². The van der Waals surface area contributed by atoms with Crippen LogP contribution < -0.4 is 15.5 Å². The van der Waals surface area contributed by atoms with Crippen molar-refractivity contribution in [1.29, 1.82) is 0 Å². The standard InChI is InChI=1S/C24H33N5O/c1-17(2)15-29(21-6-4-3-5-7-21)23-11-10-19(18-8-9-18)12-22(23)28-24(30)27-20-13-25-16-26-14-20/h10-14,16-18,21H,3-9,15H2,1-2H3,(H2,27,28,30). The van der Waals surface area contributed by atoms with Crippen LogP contribution in [0.4, 0.5) is 21.9 Å². The molecule has 160 valence electrons. The van der Waals surface area contributed by atoms with Crippen molar-refractivity contribution in [1.82, 2.24) is 9.97 Å². The first-order chi connectivity index (χ1) is 14.6. The van der Waals surface area contributed by atoms with Crippen molar-refractivity contribution in [3.63, 3.8) is 0 Å². The van der Waals surface area contributed by atoms with Crippen molar-refractivity contribution in [3.8, 4) is 0 Å². The second-order valence-corrected chi connectivity index (χ2v) is 9.10. The molecule has 0 unspecified atom stereocenters. The lowest BCUT2D eigenvalue weighted by Gasteiger charge is -2.38. The molecule has 2 amide bonds. The van der Waals surface area contributed by atoms with Gasteiger partial charge in [-0.05, 0) is 55.2 Å². The minimum atomic E-state index is -0.257. The van der Waals surface area contributed by atoms with Crippen LogP contribution in [0.1, 0.15) is 70.3 Å². The molecule has 2 aromatic rings. The van der Waals surface area contributed by atoms with Crippen LogP contribution in [0, 0.1) is 5.92 Å². The average Bonchev–Trinajstić information content (AvgIpc) is 3.59. The Hall–Kier alpha value is -2.63. The number of amides is 2. The Kier molecular flexibility index (Phi) is 6.50. The highest BCUT2D eigenvalue weighted by Gasteiger charge is 2.28. The van der Waals surface area contributed by atoms with E-state index >= 15 is 0 Å². The van der Waals surface area contributed by atoms with Gasteiger partial charge in [0.25, 0.3) is 0 Å². The summed E-state index contributed by atoms with van der Waals surface area (Å²) in [5, 5.41) is 5.98. The number of hydrogen-bond donors (Lipinski definition) is 2. The van der Waals surface area contributed by atoms with Gasteiger partial charge in [0.1, 0.15) is 6.33 Å². The van der Waals surface area contributed by atoms with Crippen LogP contribution >= 0.6 is 0 Å². The number of hydrogen-bond acceptors (Lipinski definition) is 4. The van der Waals surface area contributed by atoms with E-state index in [0.29, 0.717) is 23.6 Å². The van der Waals surface area contributed by atoms with E-state index in [2.05, 4.69) is 57.5 Å². The first kappa shape index (κ1) is 20.6. The second kappa shape index (κ2) is 9.45. The van der Waals surface area contributed by atoms with Crippen LogP contribution in [-0.2, 0) is 0 Å². The molecule has 2 saturated carbocycles. The number of aromatic nitrogens is 2. The zero-order valence-electron chi connectivity index (χ0n) is 18.1. The molecule has 4 rings (SSSR count). The second-order valence-electron chi connectivity index (χ2n) is 9.10. The molecule has 6 nitrogen and oxygen atoms in total. The van der Waals surface area contributed by atoms with Crippen LogP contribution in [0.3, 0.4) is 0 Å². The Morgan fingerprint density at radius 3 is 2.47 bits per heavy atom. The van der Waals surface area contributed by atoms with Gasteiger partial charge in [0.15, 0.2) is 0 Å². The van der Waals surface area contributed by atoms with Crippen LogP contribution in [0.2, 0.25) is 0 Å². The molecule has 0 spiro atoms. The smallest absolute Gasteiger partial charge is 0.323 e. The first-order valence-electron chi connectivity index (χ1n) is 11.3. The Balaban J connectivity index is 1.61. The van der Waals surface area contributed by atoms with Crippen molar-refractivity contribution in [2.75, 3.05) is 22.1 Å². The highest BCUT2D eigenvalue weighted by atomic mass is 16.2. The predicted octanol–water partition coefficient (Wildman–Crippen LogP) is 5.79. The minimum absolute atomic E-state index is 0.257. The van der Waals surface area contributed by atoms with Gasteiger partial charge >= 0.3 is 6.03 Å². The molecular weight excluding hydrogens is 374 g/mol. The maximum atomic E-state index is 12.8. The van der Waals surface area contributed by atoms with Gasteiger partial charge in [-0.25, -0.2) is 14.8 Å². The van der Waals surface area contributed by atoms with Crippen LogP contribution in [0.5, 0.6) is 0 Å². The Bertz CT molecular complexity index is 844. The van der Waals surface area contributed by atoms with Gasteiger partial charge in [-0.2, -0.15) is 0 Å². The number of anilines is 3. The fourth-order valence-electron chi connectivity index (χ4n) is 4.45. The van der Waals surface area contributed by atoms with Gasteiger partial charge in [-0.1, -0.05) is 39.2 Å². The number of carbonyl (C=O) groups is 1. The summed E-state index contributed by atoms with van der Waals surface area (Å²) in [5.74, 6) is 1.19. The summed E-state index contributed by atoms with van der Waals surface area (Å²) in [6, 6.07) is 6.96. The minimum Gasteiger partial charge on any atom is -0.367 e. The predicted molar refractivity (Wildman–Crippen MR) is 122 cm³/mol. The van der Waals surface area contributed by atoms with Crippen LogP contribution in [0.15, 0.2) is 36.9 Å². The Morgan fingerprint density at radius 1 is 1.07 bits per heavy atom. The number of rotatable bonds is 7. The van der Waals surface area contributed by atoms with Gasteiger partial charge in [-0.3, -0.25) is 0 Å². The summed E-state index contributed by atoms with van der Waals surface area (Å²) in [6.45, 7) is 5.53. The fourth-order valence-corrected chi connectivity index (χ4v) is 4.45. The average molecular weight is 408 g/mol. The van der Waals surface area contributed by atoms with Gasteiger partial charge in [0, 0.05) is 12.6 Å². The summed E-state index contributed by atoms with van der Waals surface area (Å²) in [6.07, 6.45) is 13.5. The molecule has 1 aromatic carbocycles. The molecule has 2 aliphatic carbocycles. The summed E-state index contributed by atoms with van der Waals surface area (Å²) in [4.78, 5) is 23.2. The van der Waals surface area contributed by atoms with Gasteiger partial charge in [-0.15, -0.1) is 0 Å². The number of carbonyl (C=O) groups excluding carboxylic acids is 1. The lowest BCUT2D eigenvalue weighted by molar-refractivity contribution is 0.262. The SMILES string of the molecule is CC(C)CN(c1ccc(C2CC2)cc1NC(=O)Nc1cncnc1)C1CCCCC1. The monoisotopic (exact) mass is 407 g/mol. The van der Waals surface area contributed by atoms with Crippen molar-refractivity contribution in [2.45, 2.75) is 70.8 Å². The van der Waals surface area contributed by atoms with E-state index in [1.165, 1.54) is 56.8 Å². The number of benzene rings is 1. The first-order valence-corrected chi connectivity index (χ1v) is 11.3. The van der Waals surface area contributed by atoms with E-state index in [1.807, 2.05) is 0 Å². The van der Waals surface area contributed by atoms with E-state index in [1.54, 1.807) is 12.4 Å². The molecule has 30 heavy (non-hydrogen) atoms. The van der Waals surface area contributed by atoms with Crippen molar-refractivity contribution < 1.29 is 4.79 Å². The molecule has 2 aliphatic rings. The fraction of sp³-hybridized carbons (Fsp3) is 0.542. The molecule has 0 atom stereocenters. The number of nitrogens with zero attached hydrogens (tertiary/aromatic N) is 3. The third-order valence-electron chi connectivity index (χ3n) is 6.02. The maximum absolute atomic E-state index is 12.8. The van der Waals surface area contributed by atoms with E-state index in [4.69, 9.17) is 0 Å². The van der Waals surface area contributed by atoms with Crippen molar-refractivity contribution in [3.05, 3.63) is 42.5 Å². The van der Waals surface area contributed by atoms with Gasteiger partial charge in [0.2, 0.25) is 0 Å². The summed E-state index contributed by atoms with van der Waals surface area (Å²) < 4.78 is 0. The molecule has 0 radical (unpaired) electrons. The maximum Gasteiger partial charge on any atom is 0.323 e. The lowest BCUT2D eigenvalue weighted by Crippen LogP contribution is -2.40. The Labute approximate surface area is 179 Å². The normalized spacial score (nSPS) is 17.0. The molecule has 0 saturated heterocycles. The summed E-state index contributed by atoms with van der Waals surface area (Å²) >= 11 is 0. The summed E-state index contributed by atoms with van der Waals surface area (Å²) in [5.41, 5.74) is 3.95. The number of nitrogens with one attached hydrogen (secondary N) is 2. The molecule has 0 bridgehead atoms. The zero-order chi connectivity index (χ0) is 20.9. The summed E-state index contributed by atoms with van der Waals surface area (Å²) in [7, 11) is 0. The van der Waals surface area contributed by atoms with E-state index < -0.39 is 0 Å². The van der Waals surface area contributed by atoms with E-state index in [0.717, 1.165) is 17.9 Å². The highest BCUT2D eigenvalue weighted by Crippen LogP contribution is 2.43. The molecule has 1 heterocycles. The molecule has 2 fully saturated rings. The Morgan fingerprint density at radius 2 is 1.80 bits per heavy atom. The molecular formula is C24H33N5O. The quantitative estimate of drug-likeness (QED) is 0.609. The molecule has 6 heteroatoms.